The van der Waals surface area contributed by atoms with Crippen molar-refractivity contribution in [3.63, 3.8) is 0 Å². The van der Waals surface area contributed by atoms with Gasteiger partial charge in [-0.25, -0.2) is 13.1 Å². The van der Waals surface area contributed by atoms with Gasteiger partial charge in [0.15, 0.2) is 0 Å². The highest BCUT2D eigenvalue weighted by molar-refractivity contribution is 9.11. The third-order valence-electron chi connectivity index (χ3n) is 2.42. The van der Waals surface area contributed by atoms with E-state index in [-0.39, 0.29) is 0 Å². The van der Waals surface area contributed by atoms with Gasteiger partial charge in [0.1, 0.15) is 4.21 Å². The number of sulfonamides is 1. The Kier molecular flexibility index (Phi) is 6.26. The highest BCUT2D eigenvalue weighted by Crippen LogP contribution is 2.30. The minimum atomic E-state index is -3.34. The Balaban J connectivity index is 2.45. The van der Waals surface area contributed by atoms with E-state index in [9.17, 15) is 8.42 Å². The first-order chi connectivity index (χ1) is 8.33. The van der Waals surface area contributed by atoms with Crippen molar-refractivity contribution in [2.24, 2.45) is 0 Å². The van der Waals surface area contributed by atoms with Crippen LogP contribution in [0.5, 0.6) is 0 Å². The normalized spacial score (nSPS) is 12.3. The predicted octanol–water partition coefficient (Wildman–Crippen LogP) is 2.44. The predicted molar refractivity (Wildman–Crippen MR) is 79.7 cm³/mol. The molecule has 0 aliphatic heterocycles. The van der Waals surface area contributed by atoms with Crippen molar-refractivity contribution in [3.05, 3.63) is 15.4 Å². The lowest BCUT2D eigenvalue weighted by atomic mass is 10.3. The van der Waals surface area contributed by atoms with Crippen molar-refractivity contribution < 1.29 is 8.42 Å². The van der Waals surface area contributed by atoms with Gasteiger partial charge in [-0.2, -0.15) is 0 Å². The second kappa shape index (κ2) is 7.00. The summed E-state index contributed by atoms with van der Waals surface area (Å²) in [6.07, 6.45) is 1.84. The molecule has 0 fully saturated rings. The average molecular weight is 355 g/mol. The average Bonchev–Trinajstić information content (AvgIpc) is 2.59. The SMILES string of the molecule is Cc1cc(S(=O)(=O)NCCCCN(C)C)sc1Br. The zero-order chi connectivity index (χ0) is 13.8. The molecule has 0 radical (unpaired) electrons. The van der Waals surface area contributed by atoms with Crippen LogP contribution in [0, 0.1) is 6.92 Å². The van der Waals surface area contributed by atoms with Gasteiger partial charge in [0, 0.05) is 6.54 Å². The summed E-state index contributed by atoms with van der Waals surface area (Å²) in [5, 5.41) is 0. The van der Waals surface area contributed by atoms with Crippen molar-refractivity contribution in [1.29, 1.82) is 0 Å². The fraction of sp³-hybridized carbons (Fsp3) is 0.636. The molecule has 0 atom stereocenters. The smallest absolute Gasteiger partial charge is 0.250 e. The van der Waals surface area contributed by atoms with Crippen LogP contribution in [0.25, 0.3) is 0 Å². The van der Waals surface area contributed by atoms with E-state index in [0.717, 1.165) is 28.7 Å². The largest absolute Gasteiger partial charge is 0.309 e. The molecular weight excluding hydrogens is 336 g/mol. The Morgan fingerprint density at radius 2 is 2.06 bits per heavy atom. The fourth-order valence-electron chi connectivity index (χ4n) is 1.39. The number of hydrogen-bond acceptors (Lipinski definition) is 4. The highest BCUT2D eigenvalue weighted by atomic mass is 79.9. The highest BCUT2D eigenvalue weighted by Gasteiger charge is 2.17. The van der Waals surface area contributed by atoms with Crippen LogP contribution in [-0.2, 0) is 10.0 Å². The lowest BCUT2D eigenvalue weighted by Crippen LogP contribution is -2.24. The number of thiophene rings is 1. The second-order valence-corrected chi connectivity index (χ2v) is 8.79. The minimum Gasteiger partial charge on any atom is -0.309 e. The molecule has 0 aliphatic carbocycles. The van der Waals surface area contributed by atoms with Gasteiger partial charge >= 0.3 is 0 Å². The van der Waals surface area contributed by atoms with Crippen LogP contribution in [0.2, 0.25) is 0 Å². The van der Waals surface area contributed by atoms with Gasteiger partial charge < -0.3 is 4.90 Å². The molecule has 1 aromatic rings. The molecule has 0 bridgehead atoms. The van der Waals surface area contributed by atoms with E-state index < -0.39 is 10.0 Å². The molecule has 1 heterocycles. The third-order valence-corrected chi connectivity index (χ3v) is 6.49. The Morgan fingerprint density at radius 1 is 1.39 bits per heavy atom. The molecule has 0 spiro atoms. The van der Waals surface area contributed by atoms with Crippen molar-refractivity contribution in [1.82, 2.24) is 9.62 Å². The van der Waals surface area contributed by atoms with Gasteiger partial charge in [-0.15, -0.1) is 11.3 Å². The molecule has 1 rings (SSSR count). The molecule has 1 aromatic heterocycles. The maximum atomic E-state index is 12.0. The Hall–Kier alpha value is 0.0500. The van der Waals surface area contributed by atoms with Crippen LogP contribution >= 0.6 is 27.3 Å². The number of halogens is 1. The number of hydrogen-bond donors (Lipinski definition) is 1. The standard InChI is InChI=1S/C11H19BrN2O2S2/c1-9-8-10(17-11(9)12)18(15,16)13-6-4-5-7-14(2)3/h8,13H,4-7H2,1-3H3. The van der Waals surface area contributed by atoms with Gasteiger partial charge in [-0.05, 0) is 68.0 Å². The van der Waals surface area contributed by atoms with E-state index in [1.54, 1.807) is 6.07 Å². The maximum Gasteiger partial charge on any atom is 0.250 e. The number of nitrogens with zero attached hydrogens (tertiary/aromatic N) is 1. The summed E-state index contributed by atoms with van der Waals surface area (Å²) in [6, 6.07) is 1.69. The molecule has 0 amide bonds. The summed E-state index contributed by atoms with van der Waals surface area (Å²) in [5.41, 5.74) is 0.952. The molecule has 0 aliphatic rings. The van der Waals surface area contributed by atoms with Crippen molar-refractivity contribution in [3.8, 4) is 0 Å². The molecule has 7 heteroatoms. The van der Waals surface area contributed by atoms with E-state index in [2.05, 4.69) is 25.6 Å². The zero-order valence-electron chi connectivity index (χ0n) is 10.9. The van der Waals surface area contributed by atoms with Crippen LogP contribution in [-0.4, -0.2) is 40.5 Å². The number of unbranched alkanes of at least 4 members (excludes halogenated alkanes) is 1. The van der Waals surface area contributed by atoms with Crippen LogP contribution in [0.3, 0.4) is 0 Å². The lowest BCUT2D eigenvalue weighted by Gasteiger charge is -2.09. The molecule has 0 saturated heterocycles. The van der Waals surface area contributed by atoms with Gasteiger partial charge in [0.25, 0.3) is 0 Å². The van der Waals surface area contributed by atoms with Crippen molar-refractivity contribution >= 4 is 37.3 Å². The van der Waals surface area contributed by atoms with Crippen LogP contribution in [0.4, 0.5) is 0 Å². The summed E-state index contributed by atoms with van der Waals surface area (Å²) in [7, 11) is 0.682. The van der Waals surface area contributed by atoms with Crippen molar-refractivity contribution in [2.75, 3.05) is 27.2 Å². The molecule has 0 saturated carbocycles. The minimum absolute atomic E-state index is 0.375. The number of nitrogens with one attached hydrogen (secondary N) is 1. The van der Waals surface area contributed by atoms with Crippen LogP contribution in [0.15, 0.2) is 14.1 Å². The summed E-state index contributed by atoms with van der Waals surface area (Å²) in [5.74, 6) is 0. The second-order valence-electron chi connectivity index (χ2n) is 4.43. The Labute approximate surface area is 122 Å². The van der Waals surface area contributed by atoms with Gasteiger partial charge in [-0.3, -0.25) is 0 Å². The third kappa shape index (κ3) is 4.97. The quantitative estimate of drug-likeness (QED) is 0.765. The Bertz CT molecular complexity index is 464. The van der Waals surface area contributed by atoms with Gasteiger partial charge in [-0.1, -0.05) is 0 Å². The van der Waals surface area contributed by atoms with Gasteiger partial charge in [0.2, 0.25) is 10.0 Å². The monoisotopic (exact) mass is 354 g/mol. The molecule has 4 nitrogen and oxygen atoms in total. The first-order valence-electron chi connectivity index (χ1n) is 5.73. The van der Waals surface area contributed by atoms with E-state index in [0.29, 0.717) is 10.8 Å². The molecule has 0 aromatic carbocycles. The van der Waals surface area contributed by atoms with E-state index >= 15 is 0 Å². The summed E-state index contributed by atoms with van der Waals surface area (Å²) >= 11 is 4.59. The lowest BCUT2D eigenvalue weighted by molar-refractivity contribution is 0.394. The van der Waals surface area contributed by atoms with E-state index in [1.165, 1.54) is 11.3 Å². The maximum absolute atomic E-state index is 12.0. The molecule has 1 N–H and O–H groups in total. The topological polar surface area (TPSA) is 49.4 Å². The number of aryl methyl sites for hydroxylation is 1. The number of rotatable bonds is 7. The van der Waals surface area contributed by atoms with Gasteiger partial charge in [0.05, 0.1) is 3.79 Å². The first kappa shape index (κ1) is 16.1. The van der Waals surface area contributed by atoms with Crippen molar-refractivity contribution in [2.45, 2.75) is 24.0 Å². The molecule has 18 heavy (non-hydrogen) atoms. The van der Waals surface area contributed by atoms with E-state index in [4.69, 9.17) is 0 Å². The molecular formula is C11H19BrN2O2S2. The summed E-state index contributed by atoms with van der Waals surface area (Å²) in [4.78, 5) is 2.09. The van der Waals surface area contributed by atoms with Crippen LogP contribution in [0.1, 0.15) is 18.4 Å². The summed E-state index contributed by atoms with van der Waals surface area (Å²) in [6.45, 7) is 3.35. The van der Waals surface area contributed by atoms with Crippen LogP contribution < -0.4 is 4.72 Å². The fourth-order valence-corrected chi connectivity index (χ4v) is 4.74. The zero-order valence-corrected chi connectivity index (χ0v) is 14.1. The molecule has 104 valence electrons. The molecule has 0 unspecified atom stereocenters. The Morgan fingerprint density at radius 3 is 2.56 bits per heavy atom. The summed E-state index contributed by atoms with van der Waals surface area (Å²) < 4.78 is 27.8. The van der Waals surface area contributed by atoms with E-state index in [1.807, 2.05) is 21.0 Å². The first-order valence-corrected chi connectivity index (χ1v) is 8.82.